The van der Waals surface area contributed by atoms with E-state index in [1.54, 1.807) is 0 Å². The van der Waals surface area contributed by atoms with Gasteiger partial charge in [0.05, 0.1) is 17.2 Å². The highest BCUT2D eigenvalue weighted by Gasteiger charge is 2.30. The second-order valence-electron chi connectivity index (χ2n) is 5.77. The number of fused-ring (bicyclic) bond motifs is 1. The molecule has 1 fully saturated rings. The van der Waals surface area contributed by atoms with E-state index in [1.807, 2.05) is 29.7 Å². The van der Waals surface area contributed by atoms with Crippen molar-refractivity contribution in [2.75, 3.05) is 0 Å². The maximum absolute atomic E-state index is 10.2. The second kappa shape index (κ2) is 4.95. The minimum absolute atomic E-state index is 0.0534. The molecule has 2 aromatic rings. The average Bonchev–Trinajstić information content (AvgIpc) is 3.11. The predicted octanol–water partition coefficient (Wildman–Crippen LogP) is 2.77. The van der Waals surface area contributed by atoms with Crippen LogP contribution in [0.25, 0.3) is 0 Å². The van der Waals surface area contributed by atoms with Crippen LogP contribution in [0.2, 0.25) is 0 Å². The smallest absolute Gasteiger partial charge is 0.0959 e. The van der Waals surface area contributed by atoms with Gasteiger partial charge in [-0.2, -0.15) is 0 Å². The molecule has 4 rings (SSSR count). The summed E-state index contributed by atoms with van der Waals surface area (Å²) in [5.74, 6) is 0.728. The molecule has 0 bridgehead atoms. The van der Waals surface area contributed by atoms with Gasteiger partial charge in [0.1, 0.15) is 0 Å². The fourth-order valence-electron chi connectivity index (χ4n) is 2.95. The van der Waals surface area contributed by atoms with E-state index in [-0.39, 0.29) is 12.1 Å². The molecular formula is C16H18N2OS. The Kier molecular flexibility index (Phi) is 3.10. The molecule has 1 aromatic heterocycles. The van der Waals surface area contributed by atoms with Crippen molar-refractivity contribution in [3.05, 3.63) is 51.5 Å². The Balaban J connectivity index is 1.46. The third-order valence-corrected chi connectivity index (χ3v) is 5.36. The second-order valence-corrected chi connectivity index (χ2v) is 6.91. The van der Waals surface area contributed by atoms with Gasteiger partial charge >= 0.3 is 0 Å². The van der Waals surface area contributed by atoms with Gasteiger partial charge in [-0.1, -0.05) is 24.3 Å². The molecule has 0 amide bonds. The topological polar surface area (TPSA) is 45.1 Å². The van der Waals surface area contributed by atoms with Gasteiger partial charge in [0.25, 0.3) is 0 Å². The molecule has 0 saturated heterocycles. The van der Waals surface area contributed by atoms with E-state index < -0.39 is 0 Å². The third kappa shape index (κ3) is 2.28. The van der Waals surface area contributed by atoms with Crippen molar-refractivity contribution in [2.24, 2.45) is 0 Å². The van der Waals surface area contributed by atoms with Crippen molar-refractivity contribution in [3.63, 3.8) is 0 Å². The summed E-state index contributed by atoms with van der Waals surface area (Å²) < 4.78 is 0. The van der Waals surface area contributed by atoms with Gasteiger partial charge < -0.3 is 10.4 Å². The van der Waals surface area contributed by atoms with Crippen LogP contribution in [0.15, 0.2) is 30.5 Å². The van der Waals surface area contributed by atoms with Crippen LogP contribution in [-0.4, -0.2) is 16.2 Å². The normalized spacial score (nSPS) is 24.9. The molecule has 0 spiro atoms. The zero-order valence-electron chi connectivity index (χ0n) is 11.2. The van der Waals surface area contributed by atoms with Crippen LogP contribution in [0, 0.1) is 0 Å². The lowest BCUT2D eigenvalue weighted by Crippen LogP contribution is -2.28. The highest BCUT2D eigenvalue weighted by atomic mass is 32.1. The Morgan fingerprint density at radius 2 is 2.15 bits per heavy atom. The number of nitrogens with one attached hydrogen (secondary N) is 1. The van der Waals surface area contributed by atoms with Crippen molar-refractivity contribution >= 4 is 11.3 Å². The zero-order chi connectivity index (χ0) is 13.5. The van der Waals surface area contributed by atoms with Gasteiger partial charge in [0.2, 0.25) is 0 Å². The molecule has 0 aliphatic heterocycles. The minimum atomic E-state index is -0.316. The van der Waals surface area contributed by atoms with Gasteiger partial charge in [-0.05, 0) is 24.0 Å². The number of aliphatic hydroxyl groups is 1. The quantitative estimate of drug-likeness (QED) is 0.908. The molecule has 20 heavy (non-hydrogen) atoms. The average molecular weight is 286 g/mol. The highest BCUT2D eigenvalue weighted by Crippen LogP contribution is 2.41. The largest absolute Gasteiger partial charge is 0.391 e. The Morgan fingerprint density at radius 3 is 3.00 bits per heavy atom. The van der Waals surface area contributed by atoms with Gasteiger partial charge in [0, 0.05) is 30.0 Å². The summed E-state index contributed by atoms with van der Waals surface area (Å²) in [6, 6.07) is 8.37. The number of hydrogen-bond donors (Lipinski definition) is 2. The van der Waals surface area contributed by atoms with Gasteiger partial charge in [0.15, 0.2) is 0 Å². The van der Waals surface area contributed by atoms with E-state index in [4.69, 9.17) is 0 Å². The number of hydrogen-bond acceptors (Lipinski definition) is 4. The van der Waals surface area contributed by atoms with Crippen molar-refractivity contribution in [1.82, 2.24) is 10.3 Å². The summed E-state index contributed by atoms with van der Waals surface area (Å²) in [6.45, 7) is 0.792. The summed E-state index contributed by atoms with van der Waals surface area (Å²) in [5.41, 5.74) is 2.51. The first kappa shape index (κ1) is 12.5. The van der Waals surface area contributed by atoms with Crippen molar-refractivity contribution in [3.8, 4) is 0 Å². The Bertz CT molecular complexity index is 620. The minimum Gasteiger partial charge on any atom is -0.391 e. The fourth-order valence-corrected chi connectivity index (χ4v) is 3.99. The lowest BCUT2D eigenvalue weighted by molar-refractivity contribution is 0.141. The summed E-state index contributed by atoms with van der Waals surface area (Å²) in [4.78, 5) is 5.77. The number of aromatic nitrogens is 1. The molecule has 3 nitrogen and oxygen atoms in total. The molecule has 2 atom stereocenters. The molecule has 0 radical (unpaired) electrons. The number of benzene rings is 1. The van der Waals surface area contributed by atoms with E-state index in [1.165, 1.54) is 33.9 Å². The van der Waals surface area contributed by atoms with Crippen LogP contribution in [0.4, 0.5) is 0 Å². The molecule has 1 aromatic carbocycles. The predicted molar refractivity (Wildman–Crippen MR) is 79.8 cm³/mol. The number of nitrogens with zero attached hydrogens (tertiary/aromatic N) is 1. The molecule has 0 unspecified atom stereocenters. The summed E-state index contributed by atoms with van der Waals surface area (Å²) in [7, 11) is 0. The van der Waals surface area contributed by atoms with Crippen LogP contribution in [0.1, 0.15) is 45.8 Å². The highest BCUT2D eigenvalue weighted by molar-refractivity contribution is 7.11. The van der Waals surface area contributed by atoms with Crippen LogP contribution in [0.5, 0.6) is 0 Å². The molecular weight excluding hydrogens is 268 g/mol. The number of rotatable bonds is 4. The van der Waals surface area contributed by atoms with Crippen LogP contribution in [-0.2, 0) is 13.0 Å². The van der Waals surface area contributed by atoms with Crippen molar-refractivity contribution in [2.45, 2.75) is 43.9 Å². The van der Waals surface area contributed by atoms with Crippen LogP contribution in [0.3, 0.4) is 0 Å². The van der Waals surface area contributed by atoms with E-state index in [0.717, 1.165) is 18.9 Å². The Morgan fingerprint density at radius 1 is 1.30 bits per heavy atom. The fraction of sp³-hybridized carbons (Fsp3) is 0.438. The van der Waals surface area contributed by atoms with E-state index in [2.05, 4.69) is 22.4 Å². The standard InChI is InChI=1S/C16H18N2OS/c19-14-7-11-3-1-2-4-13(11)15(14)17-8-12-9-18-16(20-12)10-5-6-10/h1-4,9-10,14-15,17,19H,5-8H2/t14-,15+/m0/s1. The molecule has 1 saturated carbocycles. The monoisotopic (exact) mass is 286 g/mol. The summed E-state index contributed by atoms with van der Waals surface area (Å²) in [6.07, 6.45) is 5.02. The van der Waals surface area contributed by atoms with Gasteiger partial charge in [-0.25, -0.2) is 4.98 Å². The summed E-state index contributed by atoms with van der Waals surface area (Å²) >= 11 is 1.81. The van der Waals surface area contributed by atoms with Crippen molar-refractivity contribution < 1.29 is 5.11 Å². The first-order valence-electron chi connectivity index (χ1n) is 7.25. The SMILES string of the molecule is O[C@H]1Cc2ccccc2[C@H]1NCc1cnc(C2CC2)s1. The van der Waals surface area contributed by atoms with E-state index in [9.17, 15) is 5.11 Å². The van der Waals surface area contributed by atoms with E-state index in [0.29, 0.717) is 0 Å². The molecule has 2 N–H and O–H groups in total. The lowest BCUT2D eigenvalue weighted by Gasteiger charge is -2.17. The number of thiazole rings is 1. The Hall–Kier alpha value is -1.23. The molecule has 4 heteroatoms. The first-order chi connectivity index (χ1) is 9.81. The lowest BCUT2D eigenvalue weighted by atomic mass is 10.1. The molecule has 104 valence electrons. The molecule has 2 aliphatic carbocycles. The first-order valence-corrected chi connectivity index (χ1v) is 8.07. The molecule has 2 aliphatic rings. The number of aliphatic hydroxyl groups excluding tert-OH is 1. The van der Waals surface area contributed by atoms with Crippen LogP contribution >= 0.6 is 11.3 Å². The summed E-state index contributed by atoms with van der Waals surface area (Å²) in [5, 5.41) is 15.0. The van der Waals surface area contributed by atoms with Crippen LogP contribution < -0.4 is 5.32 Å². The maximum Gasteiger partial charge on any atom is 0.0959 e. The molecule has 1 heterocycles. The van der Waals surface area contributed by atoms with Gasteiger partial charge in [-0.15, -0.1) is 11.3 Å². The third-order valence-electron chi connectivity index (χ3n) is 4.20. The van der Waals surface area contributed by atoms with E-state index >= 15 is 0 Å². The Labute approximate surface area is 122 Å². The van der Waals surface area contributed by atoms with Crippen molar-refractivity contribution in [1.29, 1.82) is 0 Å². The van der Waals surface area contributed by atoms with Gasteiger partial charge in [-0.3, -0.25) is 0 Å². The maximum atomic E-state index is 10.2. The zero-order valence-corrected chi connectivity index (χ0v) is 12.1.